The highest BCUT2D eigenvalue weighted by molar-refractivity contribution is 14.1. The van der Waals surface area contributed by atoms with E-state index in [-0.39, 0.29) is 17.7 Å². The minimum Gasteiger partial charge on any atom is -0.507 e. The Hall–Kier alpha value is -0.820. The van der Waals surface area contributed by atoms with Crippen molar-refractivity contribution in [3.05, 3.63) is 27.3 Å². The molecule has 1 aliphatic heterocycles. The molecule has 0 aromatic heterocycles. The number of aromatic hydroxyl groups is 1. The third-order valence-corrected chi connectivity index (χ3v) is 3.51. The Morgan fingerprint density at radius 2 is 2.35 bits per heavy atom. The molecular formula is C12H15IN2O2. The lowest BCUT2D eigenvalue weighted by atomic mass is 10.1. The van der Waals surface area contributed by atoms with Gasteiger partial charge in [-0.25, -0.2) is 0 Å². The predicted molar refractivity (Wildman–Crippen MR) is 74.2 cm³/mol. The van der Waals surface area contributed by atoms with Crippen molar-refractivity contribution in [3.8, 4) is 5.75 Å². The van der Waals surface area contributed by atoms with Gasteiger partial charge in [-0.2, -0.15) is 0 Å². The fraction of sp³-hybridized carbons (Fsp3) is 0.417. The Morgan fingerprint density at radius 1 is 1.53 bits per heavy atom. The molecule has 0 unspecified atom stereocenters. The molecular weight excluding hydrogens is 331 g/mol. The van der Waals surface area contributed by atoms with Crippen LogP contribution >= 0.6 is 22.6 Å². The van der Waals surface area contributed by atoms with Gasteiger partial charge in [-0.05, 0) is 60.2 Å². The molecule has 1 amide bonds. The number of carbonyl (C=O) groups is 1. The normalized spacial score (nSPS) is 19.9. The zero-order chi connectivity index (χ0) is 12.3. The number of amides is 1. The topological polar surface area (TPSA) is 61.4 Å². The summed E-state index contributed by atoms with van der Waals surface area (Å²) < 4.78 is 0.937. The van der Waals surface area contributed by atoms with Gasteiger partial charge in [0.05, 0.1) is 5.56 Å². The number of carbonyl (C=O) groups excluding carboxylic acids is 1. The van der Waals surface area contributed by atoms with Crippen LogP contribution in [0.15, 0.2) is 18.2 Å². The Labute approximate surface area is 114 Å². The van der Waals surface area contributed by atoms with Gasteiger partial charge < -0.3 is 15.7 Å². The summed E-state index contributed by atoms with van der Waals surface area (Å²) in [5.74, 6) is -0.165. The smallest absolute Gasteiger partial charge is 0.255 e. The van der Waals surface area contributed by atoms with Crippen LogP contribution in [0.5, 0.6) is 5.75 Å². The van der Waals surface area contributed by atoms with Crippen LogP contribution in [0.1, 0.15) is 23.2 Å². The number of hydrogen-bond donors (Lipinski definition) is 3. The van der Waals surface area contributed by atoms with Crippen molar-refractivity contribution in [1.29, 1.82) is 0 Å². The van der Waals surface area contributed by atoms with Crippen molar-refractivity contribution in [1.82, 2.24) is 10.6 Å². The van der Waals surface area contributed by atoms with Crippen LogP contribution in [0, 0.1) is 3.57 Å². The molecule has 92 valence electrons. The molecule has 1 heterocycles. The van der Waals surface area contributed by atoms with E-state index >= 15 is 0 Å². The Bertz CT molecular complexity index is 417. The van der Waals surface area contributed by atoms with Crippen LogP contribution in [-0.2, 0) is 0 Å². The first-order valence-corrected chi connectivity index (χ1v) is 6.75. The Balaban J connectivity index is 2.05. The van der Waals surface area contributed by atoms with Gasteiger partial charge in [0.1, 0.15) is 5.75 Å². The highest BCUT2D eigenvalue weighted by Crippen LogP contribution is 2.19. The van der Waals surface area contributed by atoms with Crippen LogP contribution in [0.25, 0.3) is 0 Å². The number of nitrogens with one attached hydrogen (secondary N) is 2. The summed E-state index contributed by atoms with van der Waals surface area (Å²) in [5, 5.41) is 15.8. The van der Waals surface area contributed by atoms with E-state index in [2.05, 4.69) is 33.2 Å². The van der Waals surface area contributed by atoms with E-state index in [1.165, 1.54) is 0 Å². The molecule has 0 saturated carbocycles. The molecule has 1 fully saturated rings. The van der Waals surface area contributed by atoms with Gasteiger partial charge in [0.2, 0.25) is 0 Å². The number of phenolic OH excluding ortho intramolecular Hbond substituents is 1. The van der Waals surface area contributed by atoms with E-state index in [1.807, 2.05) is 0 Å². The summed E-state index contributed by atoms with van der Waals surface area (Å²) in [6.07, 6.45) is 2.06. The molecule has 1 aliphatic rings. The second-order valence-electron chi connectivity index (χ2n) is 4.18. The first-order valence-electron chi connectivity index (χ1n) is 5.67. The van der Waals surface area contributed by atoms with E-state index in [9.17, 15) is 9.90 Å². The van der Waals surface area contributed by atoms with Crippen LogP contribution in [0.4, 0.5) is 0 Å². The molecule has 0 bridgehead atoms. The maximum atomic E-state index is 12.0. The lowest BCUT2D eigenvalue weighted by molar-refractivity contribution is 0.0928. The number of piperidine rings is 1. The molecule has 17 heavy (non-hydrogen) atoms. The molecule has 0 spiro atoms. The molecule has 0 aliphatic carbocycles. The fourth-order valence-electron chi connectivity index (χ4n) is 1.93. The lowest BCUT2D eigenvalue weighted by Crippen LogP contribution is -2.45. The summed E-state index contributed by atoms with van der Waals surface area (Å²) in [6, 6.07) is 5.18. The SMILES string of the molecule is O=C(N[C@H]1CCCNC1)c1cc(I)ccc1O. The Kier molecular flexibility index (Phi) is 4.22. The highest BCUT2D eigenvalue weighted by Gasteiger charge is 2.18. The minimum absolute atomic E-state index is 0.0340. The van der Waals surface area contributed by atoms with Gasteiger partial charge in [0.15, 0.2) is 0 Å². The molecule has 1 atom stereocenters. The maximum absolute atomic E-state index is 12.0. The molecule has 1 aromatic rings. The maximum Gasteiger partial charge on any atom is 0.255 e. The van der Waals surface area contributed by atoms with Crippen LogP contribution in [-0.4, -0.2) is 30.1 Å². The van der Waals surface area contributed by atoms with Crippen molar-refractivity contribution in [2.75, 3.05) is 13.1 Å². The predicted octanol–water partition coefficient (Wildman–Crippen LogP) is 1.48. The van der Waals surface area contributed by atoms with Crippen LogP contribution in [0.2, 0.25) is 0 Å². The van der Waals surface area contributed by atoms with Gasteiger partial charge in [0.25, 0.3) is 5.91 Å². The van der Waals surface area contributed by atoms with E-state index < -0.39 is 0 Å². The second-order valence-corrected chi connectivity index (χ2v) is 5.42. The zero-order valence-electron chi connectivity index (χ0n) is 9.37. The van der Waals surface area contributed by atoms with Crippen molar-refractivity contribution < 1.29 is 9.90 Å². The number of rotatable bonds is 2. The second kappa shape index (κ2) is 5.68. The van der Waals surface area contributed by atoms with E-state index in [4.69, 9.17) is 0 Å². The summed E-state index contributed by atoms with van der Waals surface area (Å²) in [5.41, 5.74) is 0.350. The molecule has 5 heteroatoms. The zero-order valence-corrected chi connectivity index (χ0v) is 11.5. The largest absolute Gasteiger partial charge is 0.507 e. The number of phenols is 1. The molecule has 4 nitrogen and oxygen atoms in total. The quantitative estimate of drug-likeness (QED) is 0.711. The van der Waals surface area contributed by atoms with E-state index in [0.717, 1.165) is 29.5 Å². The minimum atomic E-state index is -0.199. The standard InChI is InChI=1S/C12H15IN2O2/c13-8-3-4-11(16)10(6-8)12(17)15-9-2-1-5-14-7-9/h3-4,6,9,14,16H,1-2,5,7H2,(H,15,17)/t9-/m0/s1. The first kappa shape index (κ1) is 12.6. The van der Waals surface area contributed by atoms with Crippen LogP contribution < -0.4 is 10.6 Å². The lowest BCUT2D eigenvalue weighted by Gasteiger charge is -2.23. The van der Waals surface area contributed by atoms with Gasteiger partial charge in [-0.3, -0.25) is 4.79 Å². The number of benzene rings is 1. The number of hydrogen-bond acceptors (Lipinski definition) is 3. The summed E-state index contributed by atoms with van der Waals surface area (Å²) >= 11 is 2.12. The van der Waals surface area contributed by atoms with E-state index in [1.54, 1.807) is 18.2 Å². The van der Waals surface area contributed by atoms with Gasteiger partial charge in [0, 0.05) is 16.2 Å². The molecule has 1 aromatic carbocycles. The fourth-order valence-corrected chi connectivity index (χ4v) is 2.42. The molecule has 3 N–H and O–H groups in total. The molecule has 1 saturated heterocycles. The summed E-state index contributed by atoms with van der Waals surface area (Å²) in [7, 11) is 0. The van der Waals surface area contributed by atoms with Crippen molar-refractivity contribution in [3.63, 3.8) is 0 Å². The van der Waals surface area contributed by atoms with Gasteiger partial charge >= 0.3 is 0 Å². The third kappa shape index (κ3) is 3.32. The average Bonchev–Trinajstić information content (AvgIpc) is 2.33. The van der Waals surface area contributed by atoms with Gasteiger partial charge in [-0.1, -0.05) is 0 Å². The number of halogens is 1. The molecule has 0 radical (unpaired) electrons. The third-order valence-electron chi connectivity index (χ3n) is 2.84. The highest BCUT2D eigenvalue weighted by atomic mass is 127. The average molecular weight is 346 g/mol. The monoisotopic (exact) mass is 346 g/mol. The first-order chi connectivity index (χ1) is 8.16. The van der Waals surface area contributed by atoms with Crippen LogP contribution in [0.3, 0.4) is 0 Å². The van der Waals surface area contributed by atoms with Crippen molar-refractivity contribution in [2.45, 2.75) is 18.9 Å². The Morgan fingerprint density at radius 3 is 3.06 bits per heavy atom. The van der Waals surface area contributed by atoms with Crippen molar-refractivity contribution >= 4 is 28.5 Å². The van der Waals surface area contributed by atoms with E-state index in [0.29, 0.717) is 5.56 Å². The summed E-state index contributed by atoms with van der Waals surface area (Å²) in [6.45, 7) is 1.82. The van der Waals surface area contributed by atoms with Crippen molar-refractivity contribution in [2.24, 2.45) is 0 Å². The summed E-state index contributed by atoms with van der Waals surface area (Å²) in [4.78, 5) is 12.0. The van der Waals surface area contributed by atoms with Gasteiger partial charge in [-0.15, -0.1) is 0 Å². The molecule has 2 rings (SSSR count).